The van der Waals surface area contributed by atoms with E-state index in [1.165, 1.54) is 12.1 Å². The van der Waals surface area contributed by atoms with Crippen LogP contribution in [0.5, 0.6) is 0 Å². The molecule has 1 aliphatic heterocycles. The van der Waals surface area contributed by atoms with Crippen LogP contribution in [0.4, 0.5) is 5.69 Å². The Hall–Kier alpha value is -4.04. The number of carboxylic acids is 1. The van der Waals surface area contributed by atoms with Crippen molar-refractivity contribution in [2.24, 2.45) is 0 Å². The van der Waals surface area contributed by atoms with Gasteiger partial charge >= 0.3 is 5.97 Å². The molecule has 4 rings (SSSR count). The summed E-state index contributed by atoms with van der Waals surface area (Å²) in [4.78, 5) is 41.6. The lowest BCUT2D eigenvalue weighted by molar-refractivity contribution is -0.137. The SMILES string of the molecule is Cc1ccc2nc(-c3cccc(NC4=CC(=O)N(CCO)C4=O)c3)cc(C(=O)O)c2c1. The van der Waals surface area contributed by atoms with Crippen LogP contribution in [0.3, 0.4) is 0 Å². The monoisotopic (exact) mass is 417 g/mol. The highest BCUT2D eigenvalue weighted by molar-refractivity contribution is 6.17. The van der Waals surface area contributed by atoms with Gasteiger partial charge in [-0.3, -0.25) is 14.5 Å². The predicted octanol–water partition coefficient (Wildman–Crippen LogP) is 2.57. The molecule has 2 aromatic carbocycles. The van der Waals surface area contributed by atoms with E-state index < -0.39 is 17.8 Å². The summed E-state index contributed by atoms with van der Waals surface area (Å²) < 4.78 is 0. The summed E-state index contributed by atoms with van der Waals surface area (Å²) >= 11 is 0. The maximum absolute atomic E-state index is 12.3. The quantitative estimate of drug-likeness (QED) is 0.527. The second kappa shape index (κ2) is 8.00. The van der Waals surface area contributed by atoms with Crippen LogP contribution in [-0.4, -0.2) is 51.0 Å². The van der Waals surface area contributed by atoms with Crippen LogP contribution in [0.1, 0.15) is 15.9 Å². The second-order valence-electron chi connectivity index (χ2n) is 7.16. The maximum atomic E-state index is 12.3. The van der Waals surface area contributed by atoms with Crippen molar-refractivity contribution in [1.82, 2.24) is 9.88 Å². The van der Waals surface area contributed by atoms with Crippen LogP contribution < -0.4 is 5.32 Å². The molecule has 0 fully saturated rings. The number of imide groups is 1. The van der Waals surface area contributed by atoms with Crippen molar-refractivity contribution in [2.75, 3.05) is 18.5 Å². The van der Waals surface area contributed by atoms with Gasteiger partial charge in [-0.2, -0.15) is 0 Å². The Bertz CT molecular complexity index is 1270. The van der Waals surface area contributed by atoms with Crippen molar-refractivity contribution >= 4 is 34.4 Å². The Morgan fingerprint density at radius 2 is 1.94 bits per heavy atom. The summed E-state index contributed by atoms with van der Waals surface area (Å²) in [5.74, 6) is -2.05. The lowest BCUT2D eigenvalue weighted by atomic mass is 10.0. The van der Waals surface area contributed by atoms with Crippen LogP contribution in [0.25, 0.3) is 22.2 Å². The smallest absolute Gasteiger partial charge is 0.336 e. The molecule has 8 nitrogen and oxygen atoms in total. The molecule has 156 valence electrons. The van der Waals surface area contributed by atoms with Crippen LogP contribution in [0, 0.1) is 6.92 Å². The second-order valence-corrected chi connectivity index (χ2v) is 7.16. The number of aliphatic hydroxyl groups excluding tert-OH is 1. The Morgan fingerprint density at radius 3 is 2.68 bits per heavy atom. The number of aromatic carboxylic acids is 1. The van der Waals surface area contributed by atoms with Gasteiger partial charge in [0.15, 0.2) is 0 Å². The van der Waals surface area contributed by atoms with E-state index in [1.54, 1.807) is 36.4 Å². The number of amides is 2. The first-order valence-corrected chi connectivity index (χ1v) is 9.58. The average Bonchev–Trinajstić information content (AvgIpc) is 3.00. The number of carbonyl (C=O) groups excluding carboxylic acids is 2. The zero-order valence-corrected chi connectivity index (χ0v) is 16.6. The van der Waals surface area contributed by atoms with Crippen molar-refractivity contribution in [2.45, 2.75) is 6.92 Å². The summed E-state index contributed by atoms with van der Waals surface area (Å²) in [6, 6.07) is 13.9. The molecular weight excluding hydrogens is 398 g/mol. The summed E-state index contributed by atoms with van der Waals surface area (Å²) in [7, 11) is 0. The third kappa shape index (κ3) is 3.88. The van der Waals surface area contributed by atoms with Crippen LogP contribution in [0.2, 0.25) is 0 Å². The number of rotatable bonds is 6. The molecule has 2 heterocycles. The number of aromatic nitrogens is 1. The number of aryl methyl sites for hydroxylation is 1. The molecule has 0 atom stereocenters. The molecule has 2 amide bonds. The Labute approximate surface area is 177 Å². The first-order chi connectivity index (χ1) is 14.9. The fraction of sp³-hybridized carbons (Fsp3) is 0.130. The fourth-order valence-corrected chi connectivity index (χ4v) is 3.49. The molecule has 0 bridgehead atoms. The van der Waals surface area contributed by atoms with Crippen molar-refractivity contribution in [3.8, 4) is 11.3 Å². The highest BCUT2D eigenvalue weighted by Gasteiger charge is 2.30. The van der Waals surface area contributed by atoms with Gasteiger partial charge in [0.1, 0.15) is 5.70 Å². The lowest BCUT2D eigenvalue weighted by Gasteiger charge is -2.14. The molecular formula is C23H19N3O5. The van der Waals surface area contributed by atoms with E-state index in [-0.39, 0.29) is 24.4 Å². The molecule has 0 radical (unpaired) electrons. The molecule has 3 aromatic rings. The van der Waals surface area contributed by atoms with Gasteiger partial charge < -0.3 is 15.5 Å². The van der Waals surface area contributed by atoms with Gasteiger partial charge in [0.05, 0.1) is 29.9 Å². The summed E-state index contributed by atoms with van der Waals surface area (Å²) in [6.07, 6.45) is 1.18. The molecule has 0 aliphatic carbocycles. The van der Waals surface area contributed by atoms with Gasteiger partial charge in [-0.05, 0) is 37.3 Å². The molecule has 31 heavy (non-hydrogen) atoms. The van der Waals surface area contributed by atoms with Crippen molar-refractivity contribution in [1.29, 1.82) is 0 Å². The zero-order chi connectivity index (χ0) is 22.1. The molecule has 0 saturated carbocycles. The number of β-amino-alcohol motifs (C(OH)–C–C–N with tert-alkyl or cyclic N) is 1. The van der Waals surface area contributed by atoms with Crippen LogP contribution >= 0.6 is 0 Å². The minimum atomic E-state index is -1.04. The van der Waals surface area contributed by atoms with Crippen molar-refractivity contribution < 1.29 is 24.6 Å². The molecule has 1 aliphatic rings. The number of carbonyl (C=O) groups is 3. The van der Waals surface area contributed by atoms with E-state index in [2.05, 4.69) is 10.3 Å². The molecule has 3 N–H and O–H groups in total. The van der Waals surface area contributed by atoms with Gasteiger partial charge in [-0.15, -0.1) is 0 Å². The predicted molar refractivity (Wildman–Crippen MR) is 114 cm³/mol. The third-order valence-corrected chi connectivity index (χ3v) is 4.96. The van der Waals surface area contributed by atoms with Crippen molar-refractivity contribution in [3.05, 3.63) is 71.4 Å². The number of carboxylic acid groups (broad SMARTS) is 1. The molecule has 0 spiro atoms. The van der Waals surface area contributed by atoms with E-state index in [0.29, 0.717) is 27.8 Å². The number of nitrogens with zero attached hydrogens (tertiary/aromatic N) is 2. The van der Waals surface area contributed by atoms with E-state index in [1.807, 2.05) is 13.0 Å². The number of benzene rings is 2. The standard InChI is InChI=1S/C23H19N3O5/c1-13-5-6-18-16(9-13)17(23(30)31)11-19(25-18)14-3-2-4-15(10-14)24-20-12-21(28)26(7-8-27)22(20)29/h2-6,9-12,24,27H,7-8H2,1H3,(H,30,31). The highest BCUT2D eigenvalue weighted by Crippen LogP contribution is 2.28. The van der Waals surface area contributed by atoms with Gasteiger partial charge in [-0.25, -0.2) is 9.78 Å². The topological polar surface area (TPSA) is 120 Å². The normalized spacial score (nSPS) is 13.6. The Balaban J connectivity index is 1.69. The number of pyridine rings is 1. The summed E-state index contributed by atoms with van der Waals surface area (Å²) in [5, 5.41) is 22.2. The first kappa shape index (κ1) is 20.2. The third-order valence-electron chi connectivity index (χ3n) is 4.96. The van der Waals surface area contributed by atoms with Crippen LogP contribution in [-0.2, 0) is 9.59 Å². The van der Waals surface area contributed by atoms with E-state index >= 15 is 0 Å². The minimum Gasteiger partial charge on any atom is -0.478 e. The molecule has 0 saturated heterocycles. The summed E-state index contributed by atoms with van der Waals surface area (Å²) in [6.45, 7) is 1.50. The zero-order valence-electron chi connectivity index (χ0n) is 16.6. The van der Waals surface area contributed by atoms with E-state index in [0.717, 1.165) is 10.5 Å². The number of hydrogen-bond acceptors (Lipinski definition) is 6. The van der Waals surface area contributed by atoms with Crippen molar-refractivity contribution in [3.63, 3.8) is 0 Å². The maximum Gasteiger partial charge on any atom is 0.336 e. The average molecular weight is 417 g/mol. The van der Waals surface area contributed by atoms with E-state index in [4.69, 9.17) is 5.11 Å². The number of nitrogens with one attached hydrogen (secondary N) is 1. The summed E-state index contributed by atoms with van der Waals surface area (Å²) in [5.41, 5.74) is 3.43. The largest absolute Gasteiger partial charge is 0.478 e. The fourth-order valence-electron chi connectivity index (χ4n) is 3.49. The number of hydrogen-bond donors (Lipinski definition) is 3. The van der Waals surface area contributed by atoms with E-state index in [9.17, 15) is 19.5 Å². The Kier molecular flexibility index (Phi) is 5.22. The number of anilines is 1. The van der Waals surface area contributed by atoms with Gasteiger partial charge in [0.25, 0.3) is 11.8 Å². The van der Waals surface area contributed by atoms with Crippen LogP contribution in [0.15, 0.2) is 60.3 Å². The molecule has 0 unspecified atom stereocenters. The highest BCUT2D eigenvalue weighted by atomic mass is 16.4. The van der Waals surface area contributed by atoms with Gasteiger partial charge in [-0.1, -0.05) is 23.8 Å². The number of fused-ring (bicyclic) bond motifs is 1. The van der Waals surface area contributed by atoms with Gasteiger partial charge in [0, 0.05) is 22.7 Å². The van der Waals surface area contributed by atoms with Gasteiger partial charge in [0.2, 0.25) is 0 Å². The molecule has 1 aromatic heterocycles. The minimum absolute atomic E-state index is 0.0716. The Morgan fingerprint density at radius 1 is 1.13 bits per heavy atom. The first-order valence-electron chi connectivity index (χ1n) is 9.58. The number of aliphatic hydroxyl groups is 1. The molecule has 8 heteroatoms. The lowest BCUT2D eigenvalue weighted by Crippen LogP contribution is -2.34.